The lowest BCUT2D eigenvalue weighted by Gasteiger charge is -1.98. The fourth-order valence-corrected chi connectivity index (χ4v) is 2.37. The molecule has 0 aliphatic rings. The molecule has 0 atom stereocenters. The van der Waals surface area contributed by atoms with Gasteiger partial charge in [0.1, 0.15) is 10.6 Å². The largest absolute Gasteiger partial charge is 0.461 e. The van der Waals surface area contributed by atoms with Crippen LogP contribution in [0.3, 0.4) is 0 Å². The Bertz CT molecular complexity index is 753. The molecule has 106 valence electrons. The molecule has 0 spiro atoms. The molecule has 3 rings (SSSR count). The van der Waals surface area contributed by atoms with Crippen LogP contribution < -0.4 is 0 Å². The van der Waals surface area contributed by atoms with Crippen LogP contribution in [0.1, 0.15) is 17.4 Å². The Balaban J connectivity index is 1.94. The summed E-state index contributed by atoms with van der Waals surface area (Å²) < 4.78 is 10.4. The van der Waals surface area contributed by atoms with Gasteiger partial charge in [0, 0.05) is 0 Å². The second kappa shape index (κ2) is 5.80. The number of carbonyl (C=O) groups excluding carboxylic acids is 1. The third-order valence-corrected chi connectivity index (χ3v) is 3.45. The zero-order valence-electron chi connectivity index (χ0n) is 11.1. The van der Waals surface area contributed by atoms with Crippen LogP contribution in [0.4, 0.5) is 0 Å². The van der Waals surface area contributed by atoms with E-state index in [1.54, 1.807) is 17.8 Å². The predicted molar refractivity (Wildman–Crippen MR) is 76.2 cm³/mol. The van der Waals surface area contributed by atoms with Crippen LogP contribution in [-0.4, -0.2) is 37.2 Å². The third-order valence-electron chi connectivity index (χ3n) is 2.70. The zero-order valence-corrected chi connectivity index (χ0v) is 11.9. The first-order chi connectivity index (χ1) is 10.3. The number of hydrogen-bond donors (Lipinski definition) is 0. The maximum atomic E-state index is 11.8. The SMILES string of the molecule is CCOC(=O)c1nnsc1-c1cn(-c2ccccc2)nn1. The highest BCUT2D eigenvalue weighted by atomic mass is 32.1. The number of hydrogen-bond acceptors (Lipinski definition) is 7. The Morgan fingerprint density at radius 1 is 1.29 bits per heavy atom. The van der Waals surface area contributed by atoms with E-state index in [1.165, 1.54) is 0 Å². The third kappa shape index (κ3) is 2.65. The molecule has 0 saturated carbocycles. The summed E-state index contributed by atoms with van der Waals surface area (Å²) in [7, 11) is 0. The number of para-hydroxylation sites is 1. The van der Waals surface area contributed by atoms with Crippen molar-refractivity contribution >= 4 is 17.5 Å². The normalized spacial score (nSPS) is 10.5. The van der Waals surface area contributed by atoms with Crippen LogP contribution in [0, 0.1) is 0 Å². The van der Waals surface area contributed by atoms with Crippen molar-refractivity contribution in [2.75, 3.05) is 6.61 Å². The summed E-state index contributed by atoms with van der Waals surface area (Å²) in [6.45, 7) is 2.02. The van der Waals surface area contributed by atoms with Crippen LogP contribution >= 0.6 is 11.5 Å². The average Bonchev–Trinajstić information content (AvgIpc) is 3.17. The van der Waals surface area contributed by atoms with Gasteiger partial charge in [-0.1, -0.05) is 27.9 Å². The summed E-state index contributed by atoms with van der Waals surface area (Å²) >= 11 is 1.09. The van der Waals surface area contributed by atoms with Crippen molar-refractivity contribution in [3.05, 3.63) is 42.2 Å². The van der Waals surface area contributed by atoms with Crippen LogP contribution in [0.2, 0.25) is 0 Å². The summed E-state index contributed by atoms with van der Waals surface area (Å²) in [5.41, 5.74) is 1.59. The van der Waals surface area contributed by atoms with Crippen LogP contribution in [0.5, 0.6) is 0 Å². The summed E-state index contributed by atoms with van der Waals surface area (Å²) in [6, 6.07) is 9.57. The van der Waals surface area contributed by atoms with Gasteiger partial charge in [-0.2, -0.15) is 0 Å². The molecule has 0 N–H and O–H groups in total. The lowest BCUT2D eigenvalue weighted by atomic mass is 10.3. The van der Waals surface area contributed by atoms with E-state index in [0.717, 1.165) is 17.2 Å². The van der Waals surface area contributed by atoms with Gasteiger partial charge in [0.15, 0.2) is 5.69 Å². The van der Waals surface area contributed by atoms with Gasteiger partial charge >= 0.3 is 5.97 Å². The number of ether oxygens (including phenoxy) is 1. The highest BCUT2D eigenvalue weighted by molar-refractivity contribution is 7.09. The molecule has 2 aromatic heterocycles. The monoisotopic (exact) mass is 301 g/mol. The topological polar surface area (TPSA) is 82.8 Å². The maximum Gasteiger partial charge on any atom is 0.360 e. The van der Waals surface area contributed by atoms with E-state index in [0.29, 0.717) is 10.6 Å². The van der Waals surface area contributed by atoms with E-state index in [2.05, 4.69) is 19.9 Å². The number of aromatic nitrogens is 5. The Hall–Kier alpha value is -2.61. The molecule has 0 bridgehead atoms. The molecule has 0 aliphatic carbocycles. The number of esters is 1. The van der Waals surface area contributed by atoms with Crippen molar-refractivity contribution in [1.82, 2.24) is 24.6 Å². The fraction of sp³-hybridized carbons (Fsp3) is 0.154. The van der Waals surface area contributed by atoms with Gasteiger partial charge in [-0.25, -0.2) is 9.48 Å². The molecule has 1 aromatic carbocycles. The average molecular weight is 301 g/mol. The zero-order chi connectivity index (χ0) is 14.7. The molecule has 0 aliphatic heterocycles. The van der Waals surface area contributed by atoms with Crippen molar-refractivity contribution in [2.45, 2.75) is 6.92 Å². The van der Waals surface area contributed by atoms with E-state index in [-0.39, 0.29) is 12.3 Å². The predicted octanol–water partition coefficient (Wildman–Crippen LogP) is 1.96. The van der Waals surface area contributed by atoms with Crippen molar-refractivity contribution in [2.24, 2.45) is 0 Å². The Morgan fingerprint density at radius 2 is 2.10 bits per heavy atom. The van der Waals surface area contributed by atoms with E-state index in [4.69, 9.17) is 4.74 Å². The Labute approximate surface area is 124 Å². The molecule has 0 radical (unpaired) electrons. The van der Waals surface area contributed by atoms with Crippen LogP contribution in [-0.2, 0) is 4.74 Å². The van der Waals surface area contributed by atoms with Gasteiger partial charge in [-0.15, -0.1) is 10.2 Å². The standard InChI is InChI=1S/C13H11N5O2S/c1-2-20-13(19)11-12(21-17-15-11)10-8-18(16-14-10)9-6-4-3-5-7-9/h3-8H,2H2,1H3. The maximum absolute atomic E-state index is 11.8. The van der Waals surface area contributed by atoms with Crippen molar-refractivity contribution in [3.8, 4) is 16.3 Å². The molecule has 7 nitrogen and oxygen atoms in total. The molecule has 8 heteroatoms. The highest BCUT2D eigenvalue weighted by Gasteiger charge is 2.21. The lowest BCUT2D eigenvalue weighted by molar-refractivity contribution is 0.0520. The number of benzene rings is 1. The van der Waals surface area contributed by atoms with Crippen LogP contribution in [0.25, 0.3) is 16.3 Å². The van der Waals surface area contributed by atoms with Crippen molar-refractivity contribution in [1.29, 1.82) is 0 Å². The minimum atomic E-state index is -0.504. The van der Waals surface area contributed by atoms with Crippen molar-refractivity contribution in [3.63, 3.8) is 0 Å². The number of carbonyl (C=O) groups is 1. The molecule has 0 fully saturated rings. The van der Waals surface area contributed by atoms with Crippen LogP contribution in [0.15, 0.2) is 36.5 Å². The second-order valence-corrected chi connectivity index (χ2v) is 4.81. The lowest BCUT2D eigenvalue weighted by Crippen LogP contribution is -2.06. The van der Waals surface area contributed by atoms with Gasteiger partial charge in [0.2, 0.25) is 0 Å². The quantitative estimate of drug-likeness (QED) is 0.685. The van der Waals surface area contributed by atoms with E-state index in [9.17, 15) is 4.79 Å². The smallest absolute Gasteiger partial charge is 0.360 e. The molecule has 2 heterocycles. The van der Waals surface area contributed by atoms with Gasteiger partial charge in [0.25, 0.3) is 0 Å². The van der Waals surface area contributed by atoms with E-state index in [1.807, 2.05) is 30.3 Å². The number of rotatable bonds is 4. The van der Waals surface area contributed by atoms with Gasteiger partial charge in [-0.3, -0.25) is 0 Å². The molecule has 21 heavy (non-hydrogen) atoms. The van der Waals surface area contributed by atoms with Gasteiger partial charge in [0.05, 0.1) is 18.5 Å². The Morgan fingerprint density at radius 3 is 2.86 bits per heavy atom. The van der Waals surface area contributed by atoms with Gasteiger partial charge in [-0.05, 0) is 30.6 Å². The van der Waals surface area contributed by atoms with E-state index < -0.39 is 5.97 Å². The van der Waals surface area contributed by atoms with Crippen molar-refractivity contribution < 1.29 is 9.53 Å². The Kier molecular flexibility index (Phi) is 3.69. The molecule has 0 unspecified atom stereocenters. The number of nitrogens with zero attached hydrogens (tertiary/aromatic N) is 5. The first-order valence-corrected chi connectivity index (χ1v) is 7.04. The van der Waals surface area contributed by atoms with E-state index >= 15 is 0 Å². The minimum Gasteiger partial charge on any atom is -0.461 e. The molecular weight excluding hydrogens is 290 g/mol. The first kappa shape index (κ1) is 13.4. The molecule has 0 saturated heterocycles. The molecular formula is C13H11N5O2S. The summed E-state index contributed by atoms with van der Waals surface area (Å²) in [5.74, 6) is -0.504. The summed E-state index contributed by atoms with van der Waals surface area (Å²) in [6.07, 6.45) is 1.73. The molecule has 0 amide bonds. The summed E-state index contributed by atoms with van der Waals surface area (Å²) in [5, 5.41) is 11.9. The van der Waals surface area contributed by atoms with Gasteiger partial charge < -0.3 is 4.74 Å². The second-order valence-electron chi connectivity index (χ2n) is 4.06. The highest BCUT2D eigenvalue weighted by Crippen LogP contribution is 2.25. The fourth-order valence-electron chi connectivity index (χ4n) is 1.77. The first-order valence-electron chi connectivity index (χ1n) is 6.27. The summed E-state index contributed by atoms with van der Waals surface area (Å²) in [4.78, 5) is 12.4. The minimum absolute atomic E-state index is 0.168. The molecule has 3 aromatic rings.